The normalized spacial score (nSPS) is 10.9. The summed E-state index contributed by atoms with van der Waals surface area (Å²) >= 11 is 1.49. The van der Waals surface area contributed by atoms with E-state index in [0.29, 0.717) is 11.7 Å². The highest BCUT2D eigenvalue weighted by Crippen LogP contribution is 2.38. The molecule has 0 aliphatic heterocycles. The first kappa shape index (κ1) is 22.8. The Morgan fingerprint density at radius 3 is 2.23 bits per heavy atom. The van der Waals surface area contributed by atoms with E-state index < -0.39 is 0 Å². The third kappa shape index (κ3) is 5.57. The average Bonchev–Trinajstić information content (AvgIpc) is 3.33. The molecule has 5 nitrogen and oxygen atoms in total. The van der Waals surface area contributed by atoms with E-state index in [2.05, 4.69) is 52.3 Å². The predicted molar refractivity (Wildman–Crippen MR) is 147 cm³/mol. The lowest BCUT2D eigenvalue weighted by Crippen LogP contribution is -2.31. The van der Waals surface area contributed by atoms with Gasteiger partial charge < -0.3 is 16.0 Å². The van der Waals surface area contributed by atoms with Crippen LogP contribution in [0.25, 0.3) is 32.5 Å². The summed E-state index contributed by atoms with van der Waals surface area (Å²) in [6.45, 7) is 1.60. The van der Waals surface area contributed by atoms with Crippen molar-refractivity contribution in [2.75, 3.05) is 30.3 Å². The van der Waals surface area contributed by atoms with E-state index in [-0.39, 0.29) is 12.5 Å². The second-order valence-corrected chi connectivity index (χ2v) is 9.11. The van der Waals surface area contributed by atoms with Crippen molar-refractivity contribution in [2.24, 2.45) is 0 Å². The van der Waals surface area contributed by atoms with Crippen LogP contribution in [0, 0.1) is 0 Å². The SMILES string of the molecule is O=C(CNCCNc1cccc2ccccc12)Nc1nc(-c2ccccc2)c(-c2ccccc2)s1. The van der Waals surface area contributed by atoms with Gasteiger partial charge in [0.15, 0.2) is 5.13 Å². The maximum Gasteiger partial charge on any atom is 0.240 e. The molecule has 0 radical (unpaired) electrons. The number of benzene rings is 4. The molecule has 5 rings (SSSR count). The molecule has 5 aromatic rings. The molecule has 0 unspecified atom stereocenters. The molecule has 4 aromatic carbocycles. The molecule has 0 spiro atoms. The molecular formula is C29H26N4OS. The van der Waals surface area contributed by atoms with Gasteiger partial charge in [0.05, 0.1) is 17.1 Å². The van der Waals surface area contributed by atoms with Gasteiger partial charge in [-0.2, -0.15) is 0 Å². The second-order valence-electron chi connectivity index (χ2n) is 8.11. The summed E-state index contributed by atoms with van der Waals surface area (Å²) in [5, 5.41) is 12.6. The largest absolute Gasteiger partial charge is 0.383 e. The fraction of sp³-hybridized carbons (Fsp3) is 0.103. The molecule has 1 aromatic heterocycles. The Morgan fingerprint density at radius 1 is 0.743 bits per heavy atom. The molecule has 1 amide bonds. The first-order valence-electron chi connectivity index (χ1n) is 11.6. The highest BCUT2D eigenvalue weighted by atomic mass is 32.1. The van der Waals surface area contributed by atoms with Crippen molar-refractivity contribution in [2.45, 2.75) is 0 Å². The molecule has 0 fully saturated rings. The van der Waals surface area contributed by atoms with Gasteiger partial charge in [0.1, 0.15) is 0 Å². The van der Waals surface area contributed by atoms with Gasteiger partial charge in [-0.25, -0.2) is 4.98 Å². The highest BCUT2D eigenvalue weighted by Gasteiger charge is 2.16. The molecule has 174 valence electrons. The molecule has 0 aliphatic rings. The molecule has 0 atom stereocenters. The molecule has 6 heteroatoms. The standard InChI is InChI=1S/C29H26N4OS/c34-26(20-30-18-19-31-25-17-9-15-21-10-7-8-16-24(21)25)32-29-33-27(22-11-3-1-4-12-22)28(35-29)23-13-5-2-6-14-23/h1-17,30-31H,18-20H2,(H,32,33,34). The Bertz CT molecular complexity index is 1350. The van der Waals surface area contributed by atoms with Crippen LogP contribution in [0.15, 0.2) is 103 Å². The number of aromatic nitrogens is 1. The van der Waals surface area contributed by atoms with Gasteiger partial charge in [0.2, 0.25) is 5.91 Å². The summed E-state index contributed by atoms with van der Waals surface area (Å²) in [6.07, 6.45) is 0. The van der Waals surface area contributed by atoms with Crippen LogP contribution in [0.5, 0.6) is 0 Å². The van der Waals surface area contributed by atoms with Gasteiger partial charge >= 0.3 is 0 Å². The number of hydrogen-bond donors (Lipinski definition) is 3. The van der Waals surface area contributed by atoms with Crippen LogP contribution in [0.3, 0.4) is 0 Å². The predicted octanol–water partition coefficient (Wildman–Crippen LogP) is 6.27. The van der Waals surface area contributed by atoms with Crippen LogP contribution >= 0.6 is 11.3 Å². The van der Waals surface area contributed by atoms with Crippen LogP contribution in [0.4, 0.5) is 10.8 Å². The van der Waals surface area contributed by atoms with Crippen LogP contribution in [-0.4, -0.2) is 30.5 Å². The zero-order chi connectivity index (χ0) is 23.9. The smallest absolute Gasteiger partial charge is 0.240 e. The number of thiazole rings is 1. The Morgan fingerprint density at radius 2 is 1.43 bits per heavy atom. The average molecular weight is 479 g/mol. The van der Waals surface area contributed by atoms with E-state index in [0.717, 1.165) is 33.9 Å². The minimum atomic E-state index is -0.108. The Kier molecular flexibility index (Phi) is 7.13. The van der Waals surface area contributed by atoms with E-state index >= 15 is 0 Å². The third-order valence-electron chi connectivity index (χ3n) is 5.65. The van der Waals surface area contributed by atoms with E-state index in [4.69, 9.17) is 4.98 Å². The van der Waals surface area contributed by atoms with Gasteiger partial charge in [-0.3, -0.25) is 4.79 Å². The van der Waals surface area contributed by atoms with Crippen molar-refractivity contribution < 1.29 is 4.79 Å². The van der Waals surface area contributed by atoms with Crippen LogP contribution in [-0.2, 0) is 4.79 Å². The number of amides is 1. The van der Waals surface area contributed by atoms with Crippen molar-refractivity contribution in [1.82, 2.24) is 10.3 Å². The van der Waals surface area contributed by atoms with Gasteiger partial charge in [0, 0.05) is 29.7 Å². The highest BCUT2D eigenvalue weighted by molar-refractivity contribution is 7.19. The summed E-state index contributed by atoms with van der Waals surface area (Å²) in [4.78, 5) is 18.4. The minimum absolute atomic E-state index is 0.108. The first-order valence-corrected chi connectivity index (χ1v) is 12.4. The zero-order valence-electron chi connectivity index (χ0n) is 19.2. The summed E-state index contributed by atoms with van der Waals surface area (Å²) in [7, 11) is 0. The first-order chi connectivity index (χ1) is 17.3. The molecule has 0 aliphatic carbocycles. The van der Waals surface area contributed by atoms with E-state index in [9.17, 15) is 4.79 Å². The van der Waals surface area contributed by atoms with Crippen LogP contribution in [0.2, 0.25) is 0 Å². The van der Waals surface area contributed by atoms with Gasteiger partial charge in [-0.1, -0.05) is 108 Å². The number of rotatable bonds is 9. The van der Waals surface area contributed by atoms with E-state index in [1.54, 1.807) is 0 Å². The van der Waals surface area contributed by atoms with Crippen LogP contribution in [0.1, 0.15) is 0 Å². The van der Waals surface area contributed by atoms with Gasteiger partial charge in [-0.15, -0.1) is 0 Å². The molecule has 0 bridgehead atoms. The topological polar surface area (TPSA) is 66.1 Å². The maximum absolute atomic E-state index is 12.6. The quantitative estimate of drug-likeness (QED) is 0.218. The second kappa shape index (κ2) is 11.0. The molecular weight excluding hydrogens is 452 g/mol. The van der Waals surface area contributed by atoms with Gasteiger partial charge in [0.25, 0.3) is 0 Å². The Hall–Kier alpha value is -4.00. The zero-order valence-corrected chi connectivity index (χ0v) is 20.0. The maximum atomic E-state index is 12.6. The minimum Gasteiger partial charge on any atom is -0.383 e. The summed E-state index contributed by atoms with van der Waals surface area (Å²) in [5.41, 5.74) is 4.09. The lowest BCUT2D eigenvalue weighted by Gasteiger charge is -2.10. The molecule has 1 heterocycles. The number of fused-ring (bicyclic) bond motifs is 1. The van der Waals surface area contributed by atoms with Crippen molar-refractivity contribution in [3.05, 3.63) is 103 Å². The number of nitrogens with zero attached hydrogens (tertiary/aromatic N) is 1. The fourth-order valence-electron chi connectivity index (χ4n) is 3.98. The molecule has 3 N–H and O–H groups in total. The van der Waals surface area contributed by atoms with E-state index in [1.807, 2.05) is 66.7 Å². The number of hydrogen-bond acceptors (Lipinski definition) is 5. The summed E-state index contributed by atoms with van der Waals surface area (Å²) < 4.78 is 0. The molecule has 0 saturated heterocycles. The molecule has 35 heavy (non-hydrogen) atoms. The number of carbonyl (C=O) groups is 1. The fourth-order valence-corrected chi connectivity index (χ4v) is 4.99. The summed E-state index contributed by atoms with van der Waals surface area (Å²) in [5.74, 6) is -0.108. The van der Waals surface area contributed by atoms with Crippen molar-refractivity contribution >= 4 is 38.8 Å². The Balaban J connectivity index is 1.18. The lowest BCUT2D eigenvalue weighted by atomic mass is 10.1. The lowest BCUT2D eigenvalue weighted by molar-refractivity contribution is -0.115. The van der Waals surface area contributed by atoms with Crippen molar-refractivity contribution in [1.29, 1.82) is 0 Å². The van der Waals surface area contributed by atoms with Crippen molar-refractivity contribution in [3.63, 3.8) is 0 Å². The van der Waals surface area contributed by atoms with Crippen LogP contribution < -0.4 is 16.0 Å². The summed E-state index contributed by atoms with van der Waals surface area (Å²) in [6, 6.07) is 34.7. The third-order valence-corrected chi connectivity index (χ3v) is 6.67. The van der Waals surface area contributed by atoms with Crippen molar-refractivity contribution in [3.8, 4) is 21.7 Å². The number of nitrogens with one attached hydrogen (secondary N) is 3. The monoisotopic (exact) mass is 478 g/mol. The number of carbonyl (C=O) groups excluding carboxylic acids is 1. The van der Waals surface area contributed by atoms with E-state index in [1.165, 1.54) is 22.1 Å². The molecule has 0 saturated carbocycles. The van der Waals surface area contributed by atoms with Gasteiger partial charge in [-0.05, 0) is 17.0 Å². The Labute approximate surface area is 208 Å². The number of anilines is 2.